The molecule has 0 atom stereocenters. The number of imide groups is 1. The summed E-state index contributed by atoms with van der Waals surface area (Å²) in [5.74, 6) is -2.08. The fourth-order valence-corrected chi connectivity index (χ4v) is 3.43. The number of fused-ring (bicyclic) bond motifs is 1. The molecule has 1 heterocycles. The van der Waals surface area contributed by atoms with Crippen molar-refractivity contribution in [1.29, 1.82) is 0 Å². The van der Waals surface area contributed by atoms with Crippen LogP contribution in [-0.4, -0.2) is 44.0 Å². The third-order valence-corrected chi connectivity index (χ3v) is 4.84. The largest absolute Gasteiger partial charge is 0.273 e. The Morgan fingerprint density at radius 2 is 1.95 bits per heavy atom. The lowest BCUT2D eigenvalue weighted by molar-refractivity contribution is 0.0656. The molecular formula is C14H17FN2O4S. The Bertz CT molecular complexity index is 703. The number of amides is 2. The Morgan fingerprint density at radius 1 is 1.23 bits per heavy atom. The smallest absolute Gasteiger partial charge is 0.264 e. The molecule has 6 nitrogen and oxygen atoms in total. The molecule has 1 aromatic rings. The predicted molar refractivity (Wildman–Crippen MR) is 78.5 cm³/mol. The van der Waals surface area contributed by atoms with Crippen LogP contribution >= 0.6 is 0 Å². The quantitative estimate of drug-likeness (QED) is 0.761. The van der Waals surface area contributed by atoms with E-state index in [9.17, 15) is 22.4 Å². The van der Waals surface area contributed by atoms with Crippen LogP contribution in [0.25, 0.3) is 0 Å². The zero-order valence-electron chi connectivity index (χ0n) is 12.1. The van der Waals surface area contributed by atoms with Crippen molar-refractivity contribution in [2.24, 2.45) is 0 Å². The minimum Gasteiger partial charge on any atom is -0.273 e. The molecule has 0 bridgehead atoms. The topological polar surface area (TPSA) is 83.6 Å². The average molecular weight is 328 g/mol. The first kappa shape index (κ1) is 16.6. The number of benzene rings is 1. The van der Waals surface area contributed by atoms with Gasteiger partial charge in [-0.1, -0.05) is 19.4 Å². The zero-order valence-corrected chi connectivity index (χ0v) is 13.0. The summed E-state index contributed by atoms with van der Waals surface area (Å²) in [6.45, 7) is 1.67. The average Bonchev–Trinajstić information content (AvgIpc) is 2.71. The summed E-state index contributed by atoms with van der Waals surface area (Å²) in [4.78, 5) is 24.9. The normalized spacial score (nSPS) is 14.5. The van der Waals surface area contributed by atoms with Crippen LogP contribution in [0.2, 0.25) is 0 Å². The van der Waals surface area contributed by atoms with Crippen LogP contribution in [-0.2, 0) is 10.0 Å². The van der Waals surface area contributed by atoms with Gasteiger partial charge in [0.15, 0.2) is 0 Å². The molecule has 1 aliphatic rings. The first-order chi connectivity index (χ1) is 10.4. The monoisotopic (exact) mass is 328 g/mol. The maximum Gasteiger partial charge on any atom is 0.264 e. The van der Waals surface area contributed by atoms with E-state index in [1.54, 1.807) is 0 Å². The molecule has 120 valence electrons. The molecule has 0 fully saturated rings. The Hall–Kier alpha value is -1.80. The summed E-state index contributed by atoms with van der Waals surface area (Å²) >= 11 is 0. The highest BCUT2D eigenvalue weighted by Crippen LogP contribution is 2.24. The third kappa shape index (κ3) is 3.33. The van der Waals surface area contributed by atoms with Crippen molar-refractivity contribution in [3.05, 3.63) is 35.1 Å². The Balaban J connectivity index is 2.00. The van der Waals surface area contributed by atoms with Gasteiger partial charge in [-0.3, -0.25) is 14.5 Å². The molecular weight excluding hydrogens is 311 g/mol. The molecule has 0 unspecified atom stereocenters. The molecule has 1 aliphatic heterocycles. The molecule has 0 radical (unpaired) electrons. The fourth-order valence-electron chi connectivity index (χ4n) is 2.21. The van der Waals surface area contributed by atoms with Gasteiger partial charge in [0.05, 0.1) is 16.9 Å². The van der Waals surface area contributed by atoms with Gasteiger partial charge in [-0.15, -0.1) is 0 Å². The zero-order chi connectivity index (χ0) is 16.3. The number of nitrogens with one attached hydrogen (secondary N) is 1. The molecule has 22 heavy (non-hydrogen) atoms. The van der Waals surface area contributed by atoms with E-state index in [1.165, 1.54) is 12.1 Å². The van der Waals surface area contributed by atoms with Crippen molar-refractivity contribution < 1.29 is 22.4 Å². The maximum absolute atomic E-state index is 13.6. The molecule has 2 rings (SSSR count). The molecule has 0 aromatic heterocycles. The second-order valence-electron chi connectivity index (χ2n) is 4.99. The second-order valence-corrected chi connectivity index (χ2v) is 6.92. The predicted octanol–water partition coefficient (Wildman–Crippen LogP) is 1.14. The summed E-state index contributed by atoms with van der Waals surface area (Å²) in [6, 6.07) is 3.85. The van der Waals surface area contributed by atoms with Gasteiger partial charge in [0.2, 0.25) is 10.0 Å². The molecule has 1 aromatic carbocycles. The van der Waals surface area contributed by atoms with E-state index < -0.39 is 27.7 Å². The van der Waals surface area contributed by atoms with E-state index in [0.717, 1.165) is 17.4 Å². The maximum atomic E-state index is 13.6. The van der Waals surface area contributed by atoms with Gasteiger partial charge in [-0.25, -0.2) is 17.5 Å². The molecule has 0 saturated carbocycles. The lowest BCUT2D eigenvalue weighted by Crippen LogP contribution is -2.38. The summed E-state index contributed by atoms with van der Waals surface area (Å²) in [7, 11) is -3.42. The molecule has 0 spiro atoms. The van der Waals surface area contributed by atoms with Gasteiger partial charge in [-0.2, -0.15) is 0 Å². The first-order valence-electron chi connectivity index (χ1n) is 6.99. The number of carbonyl (C=O) groups excluding carboxylic acids is 2. The number of halogens is 1. The van der Waals surface area contributed by atoms with Crippen molar-refractivity contribution in [2.75, 3.05) is 18.8 Å². The lowest BCUT2D eigenvalue weighted by Gasteiger charge is -2.14. The van der Waals surface area contributed by atoms with Crippen LogP contribution in [0.1, 0.15) is 40.5 Å². The number of hydrogen-bond acceptors (Lipinski definition) is 4. The minimum atomic E-state index is -3.42. The summed E-state index contributed by atoms with van der Waals surface area (Å²) < 4.78 is 39.2. The van der Waals surface area contributed by atoms with Crippen molar-refractivity contribution in [1.82, 2.24) is 9.62 Å². The molecule has 2 amide bonds. The summed E-state index contributed by atoms with van der Waals surface area (Å²) in [6.07, 6.45) is 1.28. The van der Waals surface area contributed by atoms with Crippen LogP contribution in [0.3, 0.4) is 0 Å². The van der Waals surface area contributed by atoms with Gasteiger partial charge in [0.1, 0.15) is 5.82 Å². The number of nitrogens with zero attached hydrogens (tertiary/aromatic N) is 1. The number of sulfonamides is 1. The fraction of sp³-hybridized carbons (Fsp3) is 0.429. The van der Waals surface area contributed by atoms with Gasteiger partial charge in [-0.05, 0) is 18.6 Å². The van der Waals surface area contributed by atoms with E-state index in [2.05, 4.69) is 4.72 Å². The molecule has 0 aliphatic carbocycles. The minimum absolute atomic E-state index is 0.000245. The number of carbonyl (C=O) groups is 2. The van der Waals surface area contributed by atoms with Crippen molar-refractivity contribution in [2.45, 2.75) is 19.8 Å². The summed E-state index contributed by atoms with van der Waals surface area (Å²) in [5, 5.41) is 0. The molecule has 1 N–H and O–H groups in total. The van der Waals surface area contributed by atoms with E-state index in [0.29, 0.717) is 6.42 Å². The second kappa shape index (κ2) is 6.53. The van der Waals surface area contributed by atoms with E-state index in [1.807, 2.05) is 6.92 Å². The van der Waals surface area contributed by atoms with Gasteiger partial charge in [0.25, 0.3) is 11.8 Å². The summed E-state index contributed by atoms with van der Waals surface area (Å²) in [5.41, 5.74) is -0.236. The highest BCUT2D eigenvalue weighted by molar-refractivity contribution is 7.89. The molecule has 0 saturated heterocycles. The standard InChI is InChI=1S/C14H17FN2O4S/c1-2-3-9-22(20,21)16-7-8-17-13(18)10-5-4-6-11(15)12(10)14(17)19/h4-6,16H,2-3,7-9H2,1H3. The third-order valence-electron chi connectivity index (χ3n) is 3.37. The number of rotatable bonds is 7. The van der Waals surface area contributed by atoms with Crippen LogP contribution in [0.15, 0.2) is 18.2 Å². The first-order valence-corrected chi connectivity index (χ1v) is 8.64. The number of hydrogen-bond donors (Lipinski definition) is 1. The van der Waals surface area contributed by atoms with Crippen molar-refractivity contribution in [3.63, 3.8) is 0 Å². The Kier molecular flexibility index (Phi) is 4.92. The van der Waals surface area contributed by atoms with Crippen molar-refractivity contribution in [3.8, 4) is 0 Å². The molecule has 8 heteroatoms. The van der Waals surface area contributed by atoms with Crippen LogP contribution in [0, 0.1) is 5.82 Å². The highest BCUT2D eigenvalue weighted by atomic mass is 32.2. The number of unbranched alkanes of at least 4 members (excludes halogenated alkanes) is 1. The van der Waals surface area contributed by atoms with E-state index in [4.69, 9.17) is 0 Å². The van der Waals surface area contributed by atoms with Crippen LogP contribution in [0.4, 0.5) is 4.39 Å². The van der Waals surface area contributed by atoms with Gasteiger partial charge < -0.3 is 0 Å². The van der Waals surface area contributed by atoms with Crippen LogP contribution in [0.5, 0.6) is 0 Å². The van der Waals surface area contributed by atoms with Gasteiger partial charge >= 0.3 is 0 Å². The van der Waals surface area contributed by atoms with E-state index in [-0.39, 0.29) is 30.0 Å². The highest BCUT2D eigenvalue weighted by Gasteiger charge is 2.37. The van der Waals surface area contributed by atoms with Crippen molar-refractivity contribution >= 4 is 21.8 Å². The Morgan fingerprint density at radius 3 is 2.59 bits per heavy atom. The lowest BCUT2D eigenvalue weighted by atomic mass is 10.1. The Labute approximate surface area is 128 Å². The van der Waals surface area contributed by atoms with E-state index >= 15 is 0 Å². The SMILES string of the molecule is CCCCS(=O)(=O)NCCN1C(=O)c2cccc(F)c2C1=O. The van der Waals surface area contributed by atoms with Gasteiger partial charge in [0, 0.05) is 13.1 Å². The van der Waals surface area contributed by atoms with Crippen LogP contribution < -0.4 is 4.72 Å².